The largest absolute Gasteiger partial charge is 1.00 e. The number of aromatic nitrogens is 1. The summed E-state index contributed by atoms with van der Waals surface area (Å²) in [6, 6.07) is 26.3. The van der Waals surface area contributed by atoms with Crippen LogP contribution in [0.4, 0.5) is 5.69 Å². The van der Waals surface area contributed by atoms with Crippen molar-refractivity contribution < 1.29 is 17.0 Å². The molecule has 0 bridgehead atoms. The maximum atomic E-state index is 2.44. The van der Waals surface area contributed by atoms with Gasteiger partial charge in [0.1, 0.15) is 4.70 Å². The Labute approximate surface area is 171 Å². The molecule has 0 atom stereocenters. The first-order valence-electron chi connectivity index (χ1n) is 8.86. The summed E-state index contributed by atoms with van der Waals surface area (Å²) in [5.41, 5.74) is 6.42. The number of aryl methyl sites for hydroxylation is 1. The highest BCUT2D eigenvalue weighted by Crippen LogP contribution is 2.30. The van der Waals surface area contributed by atoms with Crippen LogP contribution in [0.25, 0.3) is 20.8 Å². The SMILES string of the molecule is Cc1ccc2c(c1)sc(-c1ccc(N(C)C)cc1)[n+]2Cc1ccccc1.[Cl-]. The van der Waals surface area contributed by atoms with Gasteiger partial charge in [0.25, 0.3) is 5.01 Å². The van der Waals surface area contributed by atoms with E-state index in [-0.39, 0.29) is 12.4 Å². The van der Waals surface area contributed by atoms with Gasteiger partial charge in [0.2, 0.25) is 5.52 Å². The number of benzene rings is 3. The summed E-state index contributed by atoms with van der Waals surface area (Å²) >= 11 is 1.87. The molecule has 1 heterocycles. The van der Waals surface area contributed by atoms with Crippen LogP contribution in [0, 0.1) is 6.92 Å². The molecule has 138 valence electrons. The molecule has 0 fully saturated rings. The summed E-state index contributed by atoms with van der Waals surface area (Å²) in [5.74, 6) is 0. The Balaban J connectivity index is 0.00000210. The summed E-state index contributed by atoms with van der Waals surface area (Å²) in [6.07, 6.45) is 0. The summed E-state index contributed by atoms with van der Waals surface area (Å²) in [7, 11) is 4.15. The highest BCUT2D eigenvalue weighted by molar-refractivity contribution is 7.21. The van der Waals surface area contributed by atoms with Crippen LogP contribution in [0.1, 0.15) is 11.1 Å². The third kappa shape index (κ3) is 4.00. The smallest absolute Gasteiger partial charge is 0.270 e. The van der Waals surface area contributed by atoms with E-state index < -0.39 is 0 Å². The van der Waals surface area contributed by atoms with E-state index in [1.165, 1.54) is 37.6 Å². The van der Waals surface area contributed by atoms with Crippen LogP contribution in [0.15, 0.2) is 72.8 Å². The standard InChI is InChI=1S/C23H23N2S.ClH/c1-17-9-14-21-22(15-17)26-23(19-10-12-20(13-11-19)24(2)3)25(21)16-18-7-5-4-6-8-18;/h4-15H,16H2,1-3H3;1H/q+1;/p-1. The summed E-state index contributed by atoms with van der Waals surface area (Å²) < 4.78 is 3.78. The zero-order valence-corrected chi connectivity index (χ0v) is 17.4. The van der Waals surface area contributed by atoms with E-state index in [1.54, 1.807) is 0 Å². The lowest BCUT2D eigenvalue weighted by Crippen LogP contribution is -3.00. The Morgan fingerprint density at radius 3 is 2.26 bits per heavy atom. The summed E-state index contributed by atoms with van der Waals surface area (Å²) in [4.78, 5) is 2.14. The van der Waals surface area contributed by atoms with E-state index in [0.717, 1.165) is 6.54 Å². The molecule has 0 aliphatic rings. The number of rotatable bonds is 4. The van der Waals surface area contributed by atoms with Crippen molar-refractivity contribution in [3.63, 3.8) is 0 Å². The first-order chi connectivity index (χ1) is 12.6. The van der Waals surface area contributed by atoms with E-state index in [9.17, 15) is 0 Å². The lowest BCUT2D eigenvalue weighted by atomic mass is 10.1. The molecule has 3 aromatic carbocycles. The molecule has 0 saturated heterocycles. The Bertz CT molecular complexity index is 1040. The molecule has 0 radical (unpaired) electrons. The fourth-order valence-corrected chi connectivity index (χ4v) is 4.50. The predicted molar refractivity (Wildman–Crippen MR) is 112 cm³/mol. The van der Waals surface area contributed by atoms with Crippen molar-refractivity contribution in [1.82, 2.24) is 0 Å². The Hall–Kier alpha value is -2.36. The molecule has 0 unspecified atom stereocenters. The third-order valence-electron chi connectivity index (χ3n) is 4.67. The van der Waals surface area contributed by atoms with Crippen molar-refractivity contribution in [3.05, 3.63) is 83.9 Å². The number of fused-ring (bicyclic) bond motifs is 1. The van der Waals surface area contributed by atoms with E-state index >= 15 is 0 Å². The van der Waals surface area contributed by atoms with Crippen molar-refractivity contribution >= 4 is 27.2 Å². The van der Waals surface area contributed by atoms with Gasteiger partial charge in [0, 0.05) is 31.4 Å². The van der Waals surface area contributed by atoms with Gasteiger partial charge in [0.15, 0.2) is 6.54 Å². The van der Waals surface area contributed by atoms with Gasteiger partial charge in [-0.3, -0.25) is 0 Å². The maximum Gasteiger partial charge on any atom is 0.270 e. The number of nitrogens with zero attached hydrogens (tertiary/aromatic N) is 2. The quantitative estimate of drug-likeness (QED) is 0.482. The minimum Gasteiger partial charge on any atom is -1.00 e. The molecular formula is C23H23ClN2S. The highest BCUT2D eigenvalue weighted by atomic mass is 35.5. The Morgan fingerprint density at radius 2 is 1.59 bits per heavy atom. The van der Waals surface area contributed by atoms with E-state index in [4.69, 9.17) is 0 Å². The molecule has 0 saturated carbocycles. The zero-order chi connectivity index (χ0) is 18.1. The van der Waals surface area contributed by atoms with E-state index in [2.05, 4.69) is 103 Å². The van der Waals surface area contributed by atoms with Crippen molar-refractivity contribution in [3.8, 4) is 10.6 Å². The lowest BCUT2D eigenvalue weighted by Gasteiger charge is -2.11. The van der Waals surface area contributed by atoms with Gasteiger partial charge in [-0.25, -0.2) is 0 Å². The molecular weight excluding hydrogens is 372 g/mol. The molecule has 0 N–H and O–H groups in total. The average Bonchev–Trinajstić information content (AvgIpc) is 3.00. The molecule has 0 aliphatic carbocycles. The number of thiazole rings is 1. The first-order valence-corrected chi connectivity index (χ1v) is 9.68. The van der Waals surface area contributed by atoms with Crippen LogP contribution in [-0.4, -0.2) is 14.1 Å². The molecule has 0 spiro atoms. The van der Waals surface area contributed by atoms with Crippen molar-refractivity contribution in [2.45, 2.75) is 13.5 Å². The molecule has 27 heavy (non-hydrogen) atoms. The van der Waals surface area contributed by atoms with Crippen molar-refractivity contribution in [2.75, 3.05) is 19.0 Å². The Kier molecular flexibility index (Phi) is 5.83. The topological polar surface area (TPSA) is 7.12 Å². The molecule has 0 aliphatic heterocycles. The van der Waals surface area contributed by atoms with Gasteiger partial charge >= 0.3 is 0 Å². The van der Waals surface area contributed by atoms with E-state index in [1.807, 2.05) is 11.3 Å². The molecule has 0 amide bonds. The minimum absolute atomic E-state index is 0. The monoisotopic (exact) mass is 394 g/mol. The van der Waals surface area contributed by atoms with Crippen LogP contribution in [0.3, 0.4) is 0 Å². The number of hydrogen-bond acceptors (Lipinski definition) is 2. The molecule has 4 aromatic rings. The van der Waals surface area contributed by atoms with Crippen LogP contribution < -0.4 is 21.9 Å². The van der Waals surface area contributed by atoms with Gasteiger partial charge in [0.05, 0.1) is 5.56 Å². The van der Waals surface area contributed by atoms with Gasteiger partial charge in [-0.15, -0.1) is 0 Å². The highest BCUT2D eigenvalue weighted by Gasteiger charge is 2.22. The summed E-state index contributed by atoms with van der Waals surface area (Å²) in [5, 5.41) is 1.31. The number of hydrogen-bond donors (Lipinski definition) is 0. The number of halogens is 1. The average molecular weight is 395 g/mol. The van der Waals surface area contributed by atoms with Crippen LogP contribution in [-0.2, 0) is 6.54 Å². The fraction of sp³-hybridized carbons (Fsp3) is 0.174. The molecule has 2 nitrogen and oxygen atoms in total. The van der Waals surface area contributed by atoms with Gasteiger partial charge in [-0.2, -0.15) is 4.57 Å². The normalized spacial score (nSPS) is 10.6. The van der Waals surface area contributed by atoms with Gasteiger partial charge < -0.3 is 17.3 Å². The van der Waals surface area contributed by atoms with Crippen LogP contribution >= 0.6 is 11.3 Å². The molecule has 4 heteroatoms. The second-order valence-electron chi connectivity index (χ2n) is 6.89. The number of anilines is 1. The first kappa shape index (κ1) is 19.4. The van der Waals surface area contributed by atoms with Crippen LogP contribution in [0.2, 0.25) is 0 Å². The van der Waals surface area contributed by atoms with E-state index in [0.29, 0.717) is 0 Å². The molecule has 4 rings (SSSR count). The van der Waals surface area contributed by atoms with Gasteiger partial charge in [-0.05, 0) is 42.8 Å². The zero-order valence-electron chi connectivity index (χ0n) is 15.8. The van der Waals surface area contributed by atoms with Crippen LogP contribution in [0.5, 0.6) is 0 Å². The second kappa shape index (κ2) is 8.12. The fourth-order valence-electron chi connectivity index (χ4n) is 3.23. The molecule has 1 aromatic heterocycles. The maximum absolute atomic E-state index is 2.44. The minimum atomic E-state index is 0. The third-order valence-corrected chi connectivity index (χ3v) is 5.87. The lowest BCUT2D eigenvalue weighted by molar-refractivity contribution is -0.647. The van der Waals surface area contributed by atoms with Crippen molar-refractivity contribution in [1.29, 1.82) is 0 Å². The Morgan fingerprint density at radius 1 is 0.889 bits per heavy atom. The van der Waals surface area contributed by atoms with Crippen molar-refractivity contribution in [2.24, 2.45) is 0 Å². The predicted octanol–water partition coefficient (Wildman–Crippen LogP) is 2.28. The van der Waals surface area contributed by atoms with Gasteiger partial charge in [-0.1, -0.05) is 47.7 Å². The summed E-state index contributed by atoms with van der Waals surface area (Å²) in [6.45, 7) is 3.04. The second-order valence-corrected chi connectivity index (χ2v) is 7.92.